The summed E-state index contributed by atoms with van der Waals surface area (Å²) in [4.78, 5) is 28.5. The van der Waals surface area contributed by atoms with E-state index in [1.807, 2.05) is 18.2 Å². The van der Waals surface area contributed by atoms with Gasteiger partial charge in [0.1, 0.15) is 5.69 Å². The lowest BCUT2D eigenvalue weighted by atomic mass is 10.1. The molecule has 24 heavy (non-hydrogen) atoms. The Balaban J connectivity index is 1.58. The van der Waals surface area contributed by atoms with Crippen LogP contribution in [0.1, 0.15) is 21.6 Å². The van der Waals surface area contributed by atoms with Crippen LogP contribution in [-0.4, -0.2) is 20.7 Å². The van der Waals surface area contributed by atoms with Gasteiger partial charge in [-0.1, -0.05) is 12.1 Å². The van der Waals surface area contributed by atoms with E-state index in [0.717, 1.165) is 11.1 Å². The number of benzene rings is 1. The summed E-state index contributed by atoms with van der Waals surface area (Å²) in [6, 6.07) is 12.1. The molecule has 1 amide bonds. The number of hydrogen-bond acceptors (Lipinski definition) is 4. The number of nitrogens with one attached hydrogen (secondary N) is 2. The van der Waals surface area contributed by atoms with Crippen LogP contribution in [0.2, 0.25) is 0 Å². The molecule has 1 aliphatic rings. The molecular weight excluding hydrogens is 308 g/mol. The maximum Gasteiger partial charge on any atom is 0.273 e. The molecule has 3 aromatic rings. The van der Waals surface area contributed by atoms with Crippen molar-refractivity contribution < 1.29 is 9.53 Å². The lowest BCUT2D eigenvalue weighted by Gasteiger charge is -2.06. The van der Waals surface area contributed by atoms with Crippen molar-refractivity contribution in [3.8, 4) is 5.82 Å². The molecule has 0 unspecified atom stereocenters. The van der Waals surface area contributed by atoms with Gasteiger partial charge in [-0.2, -0.15) is 0 Å². The molecule has 0 radical (unpaired) electrons. The first-order valence-electron chi connectivity index (χ1n) is 7.45. The fourth-order valence-corrected chi connectivity index (χ4v) is 2.62. The third-order valence-electron chi connectivity index (χ3n) is 3.82. The Hall–Kier alpha value is -3.19. The Labute approximate surface area is 136 Å². The zero-order valence-electron chi connectivity index (χ0n) is 12.7. The summed E-state index contributed by atoms with van der Waals surface area (Å²) >= 11 is 0. The molecule has 7 heteroatoms. The lowest BCUT2D eigenvalue weighted by molar-refractivity contribution is 0.102. The first-order valence-corrected chi connectivity index (χ1v) is 7.45. The van der Waals surface area contributed by atoms with Crippen molar-refractivity contribution in [1.29, 1.82) is 0 Å². The second-order valence-electron chi connectivity index (χ2n) is 5.46. The number of pyridine rings is 1. The highest BCUT2D eigenvalue weighted by molar-refractivity contribution is 6.02. The Morgan fingerprint density at radius 3 is 2.88 bits per heavy atom. The second kappa shape index (κ2) is 5.78. The molecule has 2 N–H and O–H groups in total. The molecule has 0 atom stereocenters. The van der Waals surface area contributed by atoms with E-state index in [1.54, 1.807) is 24.4 Å². The van der Waals surface area contributed by atoms with Gasteiger partial charge >= 0.3 is 0 Å². The van der Waals surface area contributed by atoms with E-state index in [-0.39, 0.29) is 17.2 Å². The predicted molar refractivity (Wildman–Crippen MR) is 87.1 cm³/mol. The van der Waals surface area contributed by atoms with E-state index in [1.165, 1.54) is 10.7 Å². The van der Waals surface area contributed by atoms with Gasteiger partial charge in [0.2, 0.25) is 0 Å². The Morgan fingerprint density at radius 1 is 1.17 bits per heavy atom. The van der Waals surface area contributed by atoms with Crippen LogP contribution in [0.5, 0.6) is 0 Å². The van der Waals surface area contributed by atoms with E-state index in [4.69, 9.17) is 4.74 Å². The van der Waals surface area contributed by atoms with Crippen LogP contribution in [0.25, 0.3) is 5.82 Å². The molecule has 120 valence electrons. The summed E-state index contributed by atoms with van der Waals surface area (Å²) in [6.07, 6.45) is 1.58. The van der Waals surface area contributed by atoms with Gasteiger partial charge in [0.05, 0.1) is 13.2 Å². The molecule has 0 saturated heterocycles. The van der Waals surface area contributed by atoms with Gasteiger partial charge in [-0.05, 0) is 35.4 Å². The molecule has 0 fully saturated rings. The average Bonchev–Trinajstić information content (AvgIpc) is 3.21. The monoisotopic (exact) mass is 322 g/mol. The summed E-state index contributed by atoms with van der Waals surface area (Å²) in [5.74, 6) is 0.0388. The van der Waals surface area contributed by atoms with Crippen molar-refractivity contribution in [2.75, 3.05) is 5.32 Å². The first kappa shape index (κ1) is 14.4. The Bertz CT molecular complexity index is 959. The van der Waals surface area contributed by atoms with E-state index in [9.17, 15) is 9.59 Å². The van der Waals surface area contributed by atoms with Gasteiger partial charge in [0, 0.05) is 18.0 Å². The third-order valence-corrected chi connectivity index (χ3v) is 3.82. The highest BCUT2D eigenvalue weighted by atomic mass is 16.5. The van der Waals surface area contributed by atoms with Gasteiger partial charge in [0.15, 0.2) is 5.82 Å². The molecular formula is C17H14N4O3. The molecule has 1 aliphatic heterocycles. The van der Waals surface area contributed by atoms with Crippen molar-refractivity contribution in [3.05, 3.63) is 75.8 Å². The van der Waals surface area contributed by atoms with Gasteiger partial charge in [-0.15, -0.1) is 0 Å². The molecule has 3 heterocycles. The van der Waals surface area contributed by atoms with Crippen molar-refractivity contribution >= 4 is 11.6 Å². The topological polar surface area (TPSA) is 89.0 Å². The second-order valence-corrected chi connectivity index (χ2v) is 5.46. The number of H-pyrrole nitrogens is 1. The average molecular weight is 322 g/mol. The number of carbonyl (C=O) groups is 1. The highest BCUT2D eigenvalue weighted by Gasteiger charge is 2.15. The molecule has 7 nitrogen and oxygen atoms in total. The van der Waals surface area contributed by atoms with Crippen molar-refractivity contribution in [3.63, 3.8) is 0 Å². The normalized spacial score (nSPS) is 12.8. The zero-order chi connectivity index (χ0) is 16.5. The number of amides is 1. The maximum atomic E-state index is 12.4. The minimum absolute atomic E-state index is 0.169. The number of carbonyl (C=O) groups excluding carboxylic acids is 1. The number of aromatic nitrogens is 3. The molecule has 0 spiro atoms. The summed E-state index contributed by atoms with van der Waals surface area (Å²) in [5.41, 5.74) is 2.68. The van der Waals surface area contributed by atoms with Crippen LogP contribution >= 0.6 is 0 Å². The lowest BCUT2D eigenvalue weighted by Crippen LogP contribution is -2.15. The SMILES string of the molecule is O=C(Nc1ccc2c(c1)COC2)c1cc(=O)n(-c2ccccn2)[nH]1. The molecule has 1 aromatic carbocycles. The standard InChI is InChI=1S/C17H14N4O3/c22-16-8-14(20-21(16)15-3-1-2-6-18-15)17(23)19-13-5-4-11-9-24-10-12(11)7-13/h1-8,20H,9-10H2,(H,19,23). The van der Waals surface area contributed by atoms with E-state index >= 15 is 0 Å². The Morgan fingerprint density at radius 2 is 2.04 bits per heavy atom. The van der Waals surface area contributed by atoms with Crippen LogP contribution < -0.4 is 10.9 Å². The fraction of sp³-hybridized carbons (Fsp3) is 0.118. The van der Waals surface area contributed by atoms with Gasteiger partial charge < -0.3 is 10.1 Å². The summed E-state index contributed by atoms with van der Waals surface area (Å²) in [7, 11) is 0. The minimum atomic E-state index is -0.388. The minimum Gasteiger partial charge on any atom is -0.372 e. The number of anilines is 1. The Kier molecular flexibility index (Phi) is 3.47. The van der Waals surface area contributed by atoms with Gasteiger partial charge in [0.25, 0.3) is 11.5 Å². The molecule has 2 aromatic heterocycles. The number of hydrogen-bond donors (Lipinski definition) is 2. The van der Waals surface area contributed by atoms with Crippen LogP contribution in [-0.2, 0) is 18.0 Å². The van der Waals surface area contributed by atoms with E-state index in [2.05, 4.69) is 15.4 Å². The van der Waals surface area contributed by atoms with Crippen molar-refractivity contribution in [2.24, 2.45) is 0 Å². The summed E-state index contributed by atoms with van der Waals surface area (Å²) in [5, 5.41) is 5.56. The van der Waals surface area contributed by atoms with Gasteiger partial charge in [-0.3, -0.25) is 14.7 Å². The summed E-state index contributed by atoms with van der Waals surface area (Å²) < 4.78 is 6.58. The van der Waals surface area contributed by atoms with Crippen molar-refractivity contribution in [1.82, 2.24) is 14.8 Å². The number of fused-ring (bicyclic) bond motifs is 1. The largest absolute Gasteiger partial charge is 0.372 e. The quantitative estimate of drug-likeness (QED) is 0.770. The third kappa shape index (κ3) is 2.61. The number of aromatic amines is 1. The molecule has 0 saturated carbocycles. The van der Waals surface area contributed by atoms with E-state index in [0.29, 0.717) is 24.7 Å². The highest BCUT2D eigenvalue weighted by Crippen LogP contribution is 2.23. The molecule has 0 bridgehead atoms. The predicted octanol–water partition coefficient (Wildman–Crippen LogP) is 1.84. The first-order chi connectivity index (χ1) is 11.7. The van der Waals surface area contributed by atoms with Gasteiger partial charge in [-0.25, -0.2) is 9.67 Å². The van der Waals surface area contributed by atoms with Crippen molar-refractivity contribution in [2.45, 2.75) is 13.2 Å². The van der Waals surface area contributed by atoms with E-state index < -0.39 is 0 Å². The fourth-order valence-electron chi connectivity index (χ4n) is 2.62. The molecule has 4 rings (SSSR count). The van der Waals surface area contributed by atoms with Crippen LogP contribution in [0.4, 0.5) is 5.69 Å². The summed E-state index contributed by atoms with van der Waals surface area (Å²) in [6.45, 7) is 1.15. The maximum absolute atomic E-state index is 12.4. The number of nitrogens with zero attached hydrogens (tertiary/aromatic N) is 2. The van der Waals surface area contributed by atoms with Crippen LogP contribution in [0.3, 0.4) is 0 Å². The number of ether oxygens (including phenoxy) is 1. The zero-order valence-corrected chi connectivity index (χ0v) is 12.7. The van der Waals surface area contributed by atoms with Crippen LogP contribution in [0, 0.1) is 0 Å². The smallest absolute Gasteiger partial charge is 0.273 e. The molecule has 0 aliphatic carbocycles. The number of rotatable bonds is 3. The van der Waals surface area contributed by atoms with Crippen LogP contribution in [0.15, 0.2) is 53.5 Å².